The van der Waals surface area contributed by atoms with Crippen molar-refractivity contribution in [3.05, 3.63) is 29.3 Å². The van der Waals surface area contributed by atoms with Gasteiger partial charge in [-0.3, -0.25) is 0 Å². The molecule has 20 heavy (non-hydrogen) atoms. The summed E-state index contributed by atoms with van der Waals surface area (Å²) in [7, 11) is -4.24. The molecule has 0 aliphatic rings. The molecule has 0 aliphatic heterocycles. The summed E-state index contributed by atoms with van der Waals surface area (Å²) in [6.45, 7) is -0.0297. The minimum absolute atomic E-state index is 0.0995. The highest BCUT2D eigenvalue weighted by atomic mass is 32.2. The molecule has 0 fully saturated rings. The summed E-state index contributed by atoms with van der Waals surface area (Å²) in [5.74, 6) is 5.17. The molecule has 3 N–H and O–H groups in total. The number of alkyl halides is 3. The lowest BCUT2D eigenvalue weighted by Gasteiger charge is -2.11. The topological polar surface area (TPSA) is 72.2 Å². The maximum Gasteiger partial charge on any atom is 0.402 e. The first-order chi connectivity index (χ1) is 9.15. The van der Waals surface area contributed by atoms with Crippen LogP contribution in [0.1, 0.15) is 11.1 Å². The van der Waals surface area contributed by atoms with Crippen LogP contribution in [0.2, 0.25) is 0 Å². The van der Waals surface area contributed by atoms with Gasteiger partial charge in [0.05, 0.1) is 11.4 Å². The van der Waals surface area contributed by atoms with Gasteiger partial charge in [-0.25, -0.2) is 13.1 Å². The number of nitrogens with two attached hydrogens (primary N) is 1. The Kier molecular flexibility index (Phi) is 5.16. The zero-order valence-corrected chi connectivity index (χ0v) is 11.4. The first-order valence-corrected chi connectivity index (χ1v) is 7.00. The molecule has 0 amide bonds. The van der Waals surface area contributed by atoms with Crippen molar-refractivity contribution in [3.63, 3.8) is 0 Å². The molecule has 0 aliphatic carbocycles. The van der Waals surface area contributed by atoms with Gasteiger partial charge in [0.1, 0.15) is 6.54 Å². The molecule has 0 spiro atoms. The van der Waals surface area contributed by atoms with Crippen LogP contribution in [0.5, 0.6) is 0 Å². The summed E-state index contributed by atoms with van der Waals surface area (Å²) >= 11 is 0. The van der Waals surface area contributed by atoms with E-state index in [4.69, 9.17) is 5.73 Å². The average Bonchev–Trinajstić information content (AvgIpc) is 2.34. The van der Waals surface area contributed by atoms with Gasteiger partial charge in [-0.2, -0.15) is 13.2 Å². The first-order valence-electron chi connectivity index (χ1n) is 5.52. The van der Waals surface area contributed by atoms with Gasteiger partial charge in [-0.1, -0.05) is 17.9 Å². The van der Waals surface area contributed by atoms with Crippen molar-refractivity contribution in [1.82, 2.24) is 4.72 Å². The SMILES string of the molecule is Cc1ccc(C#CCN)cc1S(=O)(=O)NCC(F)(F)F. The Morgan fingerprint density at radius 1 is 1.35 bits per heavy atom. The molecule has 0 atom stereocenters. The van der Waals surface area contributed by atoms with Gasteiger partial charge in [-0.15, -0.1) is 0 Å². The molecule has 0 radical (unpaired) electrons. The number of aryl methyl sites for hydroxylation is 1. The number of sulfonamides is 1. The molecule has 110 valence electrons. The van der Waals surface area contributed by atoms with Crippen molar-refractivity contribution in [2.24, 2.45) is 5.73 Å². The molecule has 0 unspecified atom stereocenters. The summed E-state index contributed by atoms with van der Waals surface area (Å²) in [6.07, 6.45) is -4.61. The maximum absolute atomic E-state index is 12.1. The van der Waals surface area contributed by atoms with Crippen molar-refractivity contribution in [2.75, 3.05) is 13.1 Å². The third-order valence-electron chi connectivity index (χ3n) is 2.28. The van der Waals surface area contributed by atoms with E-state index in [0.717, 1.165) is 0 Å². The fourth-order valence-corrected chi connectivity index (χ4v) is 2.66. The van der Waals surface area contributed by atoms with Crippen LogP contribution >= 0.6 is 0 Å². The van der Waals surface area contributed by atoms with Crippen LogP contribution in [0.3, 0.4) is 0 Å². The minimum atomic E-state index is -4.61. The zero-order valence-electron chi connectivity index (χ0n) is 10.6. The third kappa shape index (κ3) is 4.85. The predicted molar refractivity (Wildman–Crippen MR) is 68.4 cm³/mol. The standard InChI is InChI=1S/C12H13F3N2O2S/c1-9-4-5-10(3-2-6-16)7-11(9)20(18,19)17-8-12(13,14)15/h4-5,7,17H,6,8,16H2,1H3. The summed E-state index contributed by atoms with van der Waals surface area (Å²) < 4.78 is 61.5. The summed E-state index contributed by atoms with van der Waals surface area (Å²) in [5.41, 5.74) is 5.90. The number of halogens is 3. The Balaban J connectivity index is 3.11. The molecular weight excluding hydrogens is 293 g/mol. The fourth-order valence-electron chi connectivity index (χ4n) is 1.38. The lowest BCUT2D eigenvalue weighted by atomic mass is 10.1. The quantitative estimate of drug-likeness (QED) is 0.823. The second-order valence-corrected chi connectivity index (χ2v) is 5.66. The third-order valence-corrected chi connectivity index (χ3v) is 3.82. The number of benzene rings is 1. The monoisotopic (exact) mass is 306 g/mol. The normalized spacial score (nSPS) is 11.8. The van der Waals surface area contributed by atoms with Crippen molar-refractivity contribution in [3.8, 4) is 11.8 Å². The van der Waals surface area contributed by atoms with Crippen LogP contribution in [-0.2, 0) is 10.0 Å². The predicted octanol–water partition coefficient (Wildman–Crippen LogP) is 1.15. The Hall–Kier alpha value is -1.56. The molecule has 0 heterocycles. The summed E-state index contributed by atoms with van der Waals surface area (Å²) in [5, 5.41) is 0. The second-order valence-electron chi connectivity index (χ2n) is 3.93. The molecule has 0 aromatic heterocycles. The van der Waals surface area contributed by atoms with E-state index in [1.54, 1.807) is 6.07 Å². The van der Waals surface area contributed by atoms with Crippen molar-refractivity contribution >= 4 is 10.0 Å². The highest BCUT2D eigenvalue weighted by Crippen LogP contribution is 2.19. The molecule has 8 heteroatoms. The van der Waals surface area contributed by atoms with Gasteiger partial charge >= 0.3 is 6.18 Å². The van der Waals surface area contributed by atoms with Gasteiger partial charge in [-0.05, 0) is 24.6 Å². The van der Waals surface area contributed by atoms with E-state index in [1.165, 1.54) is 23.8 Å². The van der Waals surface area contributed by atoms with Gasteiger partial charge < -0.3 is 5.73 Å². The second kappa shape index (κ2) is 6.26. The van der Waals surface area contributed by atoms with Gasteiger partial charge in [0.25, 0.3) is 0 Å². The molecule has 0 bridgehead atoms. The number of rotatable bonds is 3. The van der Waals surface area contributed by atoms with E-state index >= 15 is 0 Å². The van der Waals surface area contributed by atoms with Gasteiger partial charge in [0, 0.05) is 5.56 Å². The van der Waals surface area contributed by atoms with E-state index in [9.17, 15) is 21.6 Å². The van der Waals surface area contributed by atoms with Crippen LogP contribution in [0.15, 0.2) is 23.1 Å². The Morgan fingerprint density at radius 2 is 2.00 bits per heavy atom. The highest BCUT2D eigenvalue weighted by molar-refractivity contribution is 7.89. The molecule has 1 aromatic rings. The maximum atomic E-state index is 12.1. The summed E-state index contributed by atoms with van der Waals surface area (Å²) in [6, 6.07) is 4.26. The number of nitrogens with one attached hydrogen (secondary N) is 1. The molecule has 0 saturated carbocycles. The Bertz CT molecular complexity index is 643. The van der Waals surface area contributed by atoms with Crippen LogP contribution in [0.4, 0.5) is 13.2 Å². The highest BCUT2D eigenvalue weighted by Gasteiger charge is 2.30. The molecule has 4 nitrogen and oxygen atoms in total. The smallest absolute Gasteiger partial charge is 0.320 e. The summed E-state index contributed by atoms with van der Waals surface area (Å²) in [4.78, 5) is -0.231. The lowest BCUT2D eigenvalue weighted by Crippen LogP contribution is -2.34. The van der Waals surface area contributed by atoms with Crippen molar-refractivity contribution in [1.29, 1.82) is 0 Å². The van der Waals surface area contributed by atoms with E-state index in [1.807, 2.05) is 0 Å². The van der Waals surface area contributed by atoms with Crippen LogP contribution in [0.25, 0.3) is 0 Å². The van der Waals surface area contributed by atoms with Crippen molar-refractivity contribution < 1.29 is 21.6 Å². The molecule has 1 rings (SSSR count). The number of hydrogen-bond donors (Lipinski definition) is 2. The van der Waals surface area contributed by atoms with Crippen molar-refractivity contribution in [2.45, 2.75) is 18.0 Å². The zero-order chi connectivity index (χ0) is 15.4. The lowest BCUT2D eigenvalue weighted by molar-refractivity contribution is -0.121. The Labute approximate surface area is 115 Å². The van der Waals surface area contributed by atoms with E-state index in [-0.39, 0.29) is 11.4 Å². The van der Waals surface area contributed by atoms with Crippen LogP contribution in [-0.4, -0.2) is 27.7 Å². The minimum Gasteiger partial charge on any atom is -0.320 e. The molecule has 0 saturated heterocycles. The molecular formula is C12H13F3N2O2S. The Morgan fingerprint density at radius 3 is 2.55 bits per heavy atom. The fraction of sp³-hybridized carbons (Fsp3) is 0.333. The van der Waals surface area contributed by atoms with Crippen LogP contribution < -0.4 is 10.5 Å². The van der Waals surface area contributed by atoms with E-state index < -0.39 is 22.7 Å². The first kappa shape index (κ1) is 16.5. The van der Waals surface area contributed by atoms with E-state index in [0.29, 0.717) is 11.1 Å². The van der Waals surface area contributed by atoms with Gasteiger partial charge in [0.15, 0.2) is 0 Å². The molecule has 1 aromatic carbocycles. The average molecular weight is 306 g/mol. The number of hydrogen-bond acceptors (Lipinski definition) is 3. The van der Waals surface area contributed by atoms with Gasteiger partial charge in [0.2, 0.25) is 10.0 Å². The van der Waals surface area contributed by atoms with Crippen LogP contribution in [0, 0.1) is 18.8 Å². The van der Waals surface area contributed by atoms with E-state index in [2.05, 4.69) is 11.8 Å². The largest absolute Gasteiger partial charge is 0.402 e.